The van der Waals surface area contributed by atoms with Crippen LogP contribution in [0.15, 0.2) is 30.3 Å². The molecule has 0 bridgehead atoms. The Bertz CT molecular complexity index is 704. The Morgan fingerprint density at radius 1 is 0.879 bits per heavy atom. The molecule has 0 spiro atoms. The molecule has 1 aromatic carbocycles. The van der Waals surface area contributed by atoms with E-state index in [9.17, 15) is 14.4 Å². The van der Waals surface area contributed by atoms with E-state index in [4.69, 9.17) is 14.9 Å². The van der Waals surface area contributed by atoms with Crippen molar-refractivity contribution in [1.29, 1.82) is 0 Å². The van der Waals surface area contributed by atoms with Crippen molar-refractivity contribution in [1.82, 2.24) is 10.2 Å². The van der Waals surface area contributed by atoms with Crippen LogP contribution in [0.1, 0.15) is 56.9 Å². The van der Waals surface area contributed by atoms with Crippen LogP contribution >= 0.6 is 12.4 Å². The van der Waals surface area contributed by atoms with Gasteiger partial charge in [0, 0.05) is 25.9 Å². The van der Waals surface area contributed by atoms with Gasteiger partial charge in [0.2, 0.25) is 0 Å². The number of ether oxygens (including phenoxy) is 1. The number of nitrogens with zero attached hydrogens (tertiary/aromatic N) is 1. The fraction of sp³-hybridized carbons (Fsp3) is 0.625. The summed E-state index contributed by atoms with van der Waals surface area (Å²) in [4.78, 5) is 34.4. The number of amides is 1. The second-order valence-electron chi connectivity index (χ2n) is 8.53. The molecule has 0 atom stereocenters. The molecule has 2 aliphatic rings. The first-order chi connectivity index (χ1) is 15.4. The lowest BCUT2D eigenvalue weighted by atomic mass is 9.92. The van der Waals surface area contributed by atoms with E-state index in [1.807, 2.05) is 30.3 Å². The molecule has 8 nitrogen and oxygen atoms in total. The summed E-state index contributed by atoms with van der Waals surface area (Å²) in [6, 6.07) is 9.60. The predicted molar refractivity (Wildman–Crippen MR) is 128 cm³/mol. The summed E-state index contributed by atoms with van der Waals surface area (Å²) in [7, 11) is 0. The molecular weight excluding hydrogens is 448 g/mol. The third-order valence-corrected chi connectivity index (χ3v) is 6.07. The lowest BCUT2D eigenvalue weighted by Crippen LogP contribution is -2.38. The smallest absolute Gasteiger partial charge is 0.410 e. The number of likely N-dealkylation sites (tertiary alicyclic amines) is 1. The van der Waals surface area contributed by atoms with Crippen LogP contribution in [0.2, 0.25) is 0 Å². The van der Waals surface area contributed by atoms with Crippen molar-refractivity contribution in [3.05, 3.63) is 35.9 Å². The molecular formula is C24H37ClN2O6. The first-order valence-electron chi connectivity index (χ1n) is 11.5. The maximum absolute atomic E-state index is 12.0. The van der Waals surface area contributed by atoms with E-state index in [1.165, 1.54) is 0 Å². The van der Waals surface area contributed by atoms with Crippen LogP contribution in [0, 0.1) is 11.8 Å². The molecule has 0 radical (unpaired) electrons. The first kappa shape index (κ1) is 28.7. The zero-order valence-corrected chi connectivity index (χ0v) is 19.9. The van der Waals surface area contributed by atoms with Crippen LogP contribution < -0.4 is 5.32 Å². The molecule has 1 amide bonds. The highest BCUT2D eigenvalue weighted by Crippen LogP contribution is 2.22. The number of carbonyl (C=O) groups is 3. The van der Waals surface area contributed by atoms with Crippen molar-refractivity contribution >= 4 is 30.4 Å². The summed E-state index contributed by atoms with van der Waals surface area (Å²) in [6.45, 7) is 3.71. The standard InChI is InChI=1S/C16H21NO4.C8H15NO2.ClH/c18-15(19)7-6-13-8-10-17(11-9-13)16(20)21-12-14-4-2-1-3-5-14;10-8(11)2-1-7-3-5-9-6-4-7;/h1-5,13H,6-12H2,(H,18,19);7,9H,1-6H2,(H,10,11);1H. The summed E-state index contributed by atoms with van der Waals surface area (Å²) in [6.07, 6.45) is 5.82. The quantitative estimate of drug-likeness (QED) is 0.507. The second kappa shape index (κ2) is 16.3. The van der Waals surface area contributed by atoms with Gasteiger partial charge in [0.1, 0.15) is 6.61 Å². The summed E-state index contributed by atoms with van der Waals surface area (Å²) in [5.41, 5.74) is 0.974. The van der Waals surface area contributed by atoms with Crippen molar-refractivity contribution in [3.8, 4) is 0 Å². The number of hydrogen-bond donors (Lipinski definition) is 3. The Morgan fingerprint density at radius 2 is 1.39 bits per heavy atom. The number of aliphatic carboxylic acids is 2. The number of benzene rings is 1. The van der Waals surface area contributed by atoms with E-state index in [1.54, 1.807) is 4.90 Å². The topological polar surface area (TPSA) is 116 Å². The lowest BCUT2D eigenvalue weighted by Gasteiger charge is -2.31. The van der Waals surface area contributed by atoms with Crippen molar-refractivity contribution < 1.29 is 29.3 Å². The summed E-state index contributed by atoms with van der Waals surface area (Å²) < 4.78 is 5.29. The number of carbonyl (C=O) groups excluding carboxylic acids is 1. The van der Waals surface area contributed by atoms with E-state index < -0.39 is 11.9 Å². The minimum absolute atomic E-state index is 0. The molecule has 2 heterocycles. The zero-order chi connectivity index (χ0) is 23.2. The number of piperidine rings is 2. The fourth-order valence-electron chi connectivity index (χ4n) is 4.04. The zero-order valence-electron chi connectivity index (χ0n) is 19.1. The van der Waals surface area contributed by atoms with Gasteiger partial charge in [0.15, 0.2) is 0 Å². The molecule has 33 heavy (non-hydrogen) atoms. The molecule has 9 heteroatoms. The summed E-state index contributed by atoms with van der Waals surface area (Å²) >= 11 is 0. The molecule has 0 aliphatic carbocycles. The minimum atomic E-state index is -0.750. The van der Waals surface area contributed by atoms with Gasteiger partial charge in [-0.1, -0.05) is 30.3 Å². The van der Waals surface area contributed by atoms with Gasteiger partial charge < -0.3 is 25.2 Å². The van der Waals surface area contributed by atoms with Crippen molar-refractivity contribution in [3.63, 3.8) is 0 Å². The Hall–Kier alpha value is -2.32. The average molecular weight is 485 g/mol. The average Bonchev–Trinajstić information content (AvgIpc) is 2.82. The van der Waals surface area contributed by atoms with Crippen LogP contribution in [0.25, 0.3) is 0 Å². The molecule has 2 fully saturated rings. The number of carboxylic acid groups (broad SMARTS) is 2. The molecule has 186 valence electrons. The Morgan fingerprint density at radius 3 is 1.91 bits per heavy atom. The fourth-order valence-corrected chi connectivity index (χ4v) is 4.04. The first-order valence-corrected chi connectivity index (χ1v) is 11.5. The van der Waals surface area contributed by atoms with Crippen LogP contribution in [-0.2, 0) is 20.9 Å². The Balaban J connectivity index is 0.000000385. The molecule has 2 aliphatic heterocycles. The van der Waals surface area contributed by atoms with Crippen LogP contribution in [0.4, 0.5) is 4.79 Å². The van der Waals surface area contributed by atoms with Gasteiger partial charge in [-0.2, -0.15) is 0 Å². The summed E-state index contributed by atoms with van der Waals surface area (Å²) in [5.74, 6) is -0.366. The van der Waals surface area contributed by atoms with E-state index in [0.29, 0.717) is 44.4 Å². The predicted octanol–water partition coefficient (Wildman–Crippen LogP) is 4.17. The normalized spacial score (nSPS) is 16.7. The van der Waals surface area contributed by atoms with E-state index >= 15 is 0 Å². The van der Waals surface area contributed by atoms with Crippen LogP contribution in [-0.4, -0.2) is 59.3 Å². The van der Waals surface area contributed by atoms with E-state index in [-0.39, 0.29) is 24.9 Å². The number of hydrogen-bond acceptors (Lipinski definition) is 5. The number of rotatable bonds is 8. The lowest BCUT2D eigenvalue weighted by molar-refractivity contribution is -0.138. The van der Waals surface area contributed by atoms with Crippen LogP contribution in [0.5, 0.6) is 0 Å². The van der Waals surface area contributed by atoms with Gasteiger partial charge in [-0.25, -0.2) is 4.79 Å². The highest BCUT2D eigenvalue weighted by Gasteiger charge is 2.24. The van der Waals surface area contributed by atoms with E-state index in [0.717, 1.165) is 50.8 Å². The highest BCUT2D eigenvalue weighted by molar-refractivity contribution is 5.85. The van der Waals surface area contributed by atoms with E-state index in [2.05, 4.69) is 5.32 Å². The van der Waals surface area contributed by atoms with Gasteiger partial charge in [0.25, 0.3) is 0 Å². The van der Waals surface area contributed by atoms with Gasteiger partial charge in [-0.3, -0.25) is 9.59 Å². The second-order valence-corrected chi connectivity index (χ2v) is 8.53. The molecule has 0 saturated carbocycles. The largest absolute Gasteiger partial charge is 0.481 e. The number of carboxylic acids is 2. The third kappa shape index (κ3) is 12.5. The third-order valence-electron chi connectivity index (χ3n) is 6.07. The van der Waals surface area contributed by atoms with Gasteiger partial charge in [-0.15, -0.1) is 12.4 Å². The molecule has 1 aromatic rings. The van der Waals surface area contributed by atoms with Crippen molar-refractivity contribution in [2.45, 2.75) is 58.0 Å². The molecule has 0 aromatic heterocycles. The molecule has 3 rings (SSSR count). The number of nitrogens with one attached hydrogen (secondary N) is 1. The Labute approximate surface area is 202 Å². The minimum Gasteiger partial charge on any atom is -0.481 e. The maximum Gasteiger partial charge on any atom is 0.410 e. The van der Waals surface area contributed by atoms with Crippen molar-refractivity contribution in [2.24, 2.45) is 11.8 Å². The van der Waals surface area contributed by atoms with Gasteiger partial charge >= 0.3 is 18.0 Å². The summed E-state index contributed by atoms with van der Waals surface area (Å²) in [5, 5.41) is 20.4. The van der Waals surface area contributed by atoms with Gasteiger partial charge in [0.05, 0.1) is 0 Å². The SMILES string of the molecule is Cl.O=C(O)CCC1CCN(C(=O)OCc2ccccc2)CC1.O=C(O)CCC1CCNCC1. The number of halogens is 1. The van der Waals surface area contributed by atoms with Crippen LogP contribution in [0.3, 0.4) is 0 Å². The molecule has 0 unspecified atom stereocenters. The van der Waals surface area contributed by atoms with Gasteiger partial charge in [-0.05, 0) is 69.0 Å². The Kier molecular flexibility index (Phi) is 14.2. The van der Waals surface area contributed by atoms with Crippen molar-refractivity contribution in [2.75, 3.05) is 26.2 Å². The monoisotopic (exact) mass is 484 g/mol. The highest BCUT2D eigenvalue weighted by atomic mass is 35.5. The maximum atomic E-state index is 12.0. The molecule has 2 saturated heterocycles. The molecule has 3 N–H and O–H groups in total.